The van der Waals surface area contributed by atoms with Gasteiger partial charge in [-0.25, -0.2) is 0 Å². The number of carbonyl (C=O) groups is 1. The summed E-state index contributed by atoms with van der Waals surface area (Å²) in [5.74, 6) is -0.195. The molecule has 0 saturated carbocycles. The molecule has 0 bridgehead atoms. The number of aromatic hydroxyl groups is 1. The Hall–Kier alpha value is -2.19. The van der Waals surface area contributed by atoms with Crippen molar-refractivity contribution in [2.75, 3.05) is 19.7 Å². The molecule has 0 atom stereocenters. The molecule has 6 heteroatoms. The highest BCUT2D eigenvalue weighted by atomic mass is 35.5. The van der Waals surface area contributed by atoms with Crippen molar-refractivity contribution in [2.24, 2.45) is 0 Å². The van der Waals surface area contributed by atoms with Crippen LogP contribution >= 0.6 is 11.6 Å². The molecule has 116 valence electrons. The first-order chi connectivity index (χ1) is 10.6. The number of ether oxygens (including phenoxy) is 1. The summed E-state index contributed by atoms with van der Waals surface area (Å²) in [6, 6.07) is 4.99. The molecule has 1 amide bonds. The quantitative estimate of drug-likeness (QED) is 0.683. The molecule has 1 saturated heterocycles. The molecule has 0 spiro atoms. The topological polar surface area (TPSA) is 73.6 Å². The number of nitrogens with zero attached hydrogens (tertiary/aromatic N) is 2. The summed E-state index contributed by atoms with van der Waals surface area (Å²) < 4.78 is 5.29. The number of nitriles is 1. The van der Waals surface area contributed by atoms with Crippen LogP contribution in [0, 0.1) is 11.3 Å². The van der Waals surface area contributed by atoms with E-state index >= 15 is 0 Å². The van der Waals surface area contributed by atoms with Gasteiger partial charge in [0.05, 0.1) is 11.6 Å². The second-order valence-corrected chi connectivity index (χ2v) is 5.36. The van der Waals surface area contributed by atoms with E-state index in [0.29, 0.717) is 25.3 Å². The zero-order chi connectivity index (χ0) is 16.1. The van der Waals surface area contributed by atoms with E-state index in [2.05, 4.69) is 0 Å². The van der Waals surface area contributed by atoms with E-state index in [0.717, 1.165) is 12.8 Å². The van der Waals surface area contributed by atoms with Crippen LogP contribution in [0.25, 0.3) is 6.08 Å². The maximum Gasteiger partial charge on any atom is 0.264 e. The number of likely N-dealkylation sites (tertiary alicyclic amines) is 1. The van der Waals surface area contributed by atoms with Crippen LogP contribution in [0.2, 0.25) is 5.02 Å². The Bertz CT molecular complexity index is 644. The summed E-state index contributed by atoms with van der Waals surface area (Å²) in [7, 11) is 0. The van der Waals surface area contributed by atoms with E-state index in [9.17, 15) is 15.2 Å². The van der Waals surface area contributed by atoms with Gasteiger partial charge in [0.15, 0.2) is 11.5 Å². The summed E-state index contributed by atoms with van der Waals surface area (Å²) >= 11 is 5.95. The fourth-order valence-electron chi connectivity index (χ4n) is 2.34. The van der Waals surface area contributed by atoms with Crippen LogP contribution in [-0.4, -0.2) is 35.6 Å². The van der Waals surface area contributed by atoms with Gasteiger partial charge < -0.3 is 14.7 Å². The lowest BCUT2D eigenvalue weighted by Crippen LogP contribution is -2.28. The van der Waals surface area contributed by atoms with Gasteiger partial charge in [-0.15, -0.1) is 0 Å². The molecule has 1 aromatic rings. The van der Waals surface area contributed by atoms with Crippen LogP contribution in [0.4, 0.5) is 0 Å². The summed E-state index contributed by atoms with van der Waals surface area (Å²) in [5, 5.41) is 19.2. The molecule has 2 rings (SSSR count). The van der Waals surface area contributed by atoms with Crippen molar-refractivity contribution in [1.29, 1.82) is 5.26 Å². The minimum absolute atomic E-state index is 0.0473. The number of hydrogen-bond acceptors (Lipinski definition) is 4. The van der Waals surface area contributed by atoms with E-state index in [1.54, 1.807) is 17.9 Å². The number of benzene rings is 1. The highest BCUT2D eigenvalue weighted by molar-refractivity contribution is 6.32. The zero-order valence-electron chi connectivity index (χ0n) is 12.3. The number of amides is 1. The number of carbonyl (C=O) groups excluding carboxylic acids is 1. The van der Waals surface area contributed by atoms with Crippen molar-refractivity contribution in [3.63, 3.8) is 0 Å². The smallest absolute Gasteiger partial charge is 0.264 e. The van der Waals surface area contributed by atoms with Crippen molar-refractivity contribution in [3.8, 4) is 17.6 Å². The Morgan fingerprint density at radius 2 is 2.18 bits per heavy atom. The van der Waals surface area contributed by atoms with E-state index < -0.39 is 0 Å². The molecule has 1 heterocycles. The molecule has 0 radical (unpaired) electrons. The van der Waals surface area contributed by atoms with E-state index in [4.69, 9.17) is 16.3 Å². The molecule has 22 heavy (non-hydrogen) atoms. The lowest BCUT2D eigenvalue weighted by atomic mass is 10.1. The first kappa shape index (κ1) is 16.2. The molecule has 0 aliphatic carbocycles. The van der Waals surface area contributed by atoms with Crippen molar-refractivity contribution >= 4 is 23.6 Å². The van der Waals surface area contributed by atoms with E-state index in [-0.39, 0.29) is 28.0 Å². The third-order valence-corrected chi connectivity index (χ3v) is 3.69. The fourth-order valence-corrected chi connectivity index (χ4v) is 2.56. The van der Waals surface area contributed by atoms with Crippen molar-refractivity contribution in [3.05, 3.63) is 28.3 Å². The highest BCUT2D eigenvalue weighted by Crippen LogP contribution is 2.35. The van der Waals surface area contributed by atoms with Crippen molar-refractivity contribution in [2.45, 2.75) is 19.8 Å². The van der Waals surface area contributed by atoms with Crippen molar-refractivity contribution < 1.29 is 14.6 Å². The molecule has 1 aliphatic rings. The van der Waals surface area contributed by atoms with Crippen LogP contribution in [0.1, 0.15) is 25.3 Å². The monoisotopic (exact) mass is 320 g/mol. The number of phenols is 1. The Morgan fingerprint density at radius 1 is 1.50 bits per heavy atom. The van der Waals surface area contributed by atoms with Gasteiger partial charge in [-0.05, 0) is 43.5 Å². The number of hydrogen-bond donors (Lipinski definition) is 1. The molecular weight excluding hydrogens is 304 g/mol. The average molecular weight is 321 g/mol. The molecular formula is C16H17ClN2O3. The number of rotatable bonds is 4. The first-order valence-corrected chi connectivity index (χ1v) is 7.51. The predicted molar refractivity (Wildman–Crippen MR) is 83.7 cm³/mol. The molecule has 5 nitrogen and oxygen atoms in total. The standard InChI is InChI=1S/C16H17ClN2O3/c1-2-22-14-9-11(8-13(17)15(14)20)7-12(10-18)16(21)19-5-3-4-6-19/h7-9,20H,2-6H2,1H3. The van der Waals surface area contributed by atoms with Gasteiger partial charge in [0.1, 0.15) is 11.6 Å². The molecule has 1 aliphatic heterocycles. The highest BCUT2D eigenvalue weighted by Gasteiger charge is 2.21. The van der Waals surface area contributed by atoms with E-state index in [1.807, 2.05) is 6.07 Å². The lowest BCUT2D eigenvalue weighted by Gasteiger charge is -2.14. The maximum absolute atomic E-state index is 12.3. The minimum Gasteiger partial charge on any atom is -0.503 e. The van der Waals surface area contributed by atoms with E-state index in [1.165, 1.54) is 12.1 Å². The van der Waals surface area contributed by atoms with Gasteiger partial charge in [-0.2, -0.15) is 5.26 Å². The average Bonchev–Trinajstić information content (AvgIpc) is 3.03. The molecule has 1 fully saturated rings. The summed E-state index contributed by atoms with van der Waals surface area (Å²) in [5.41, 5.74) is 0.585. The minimum atomic E-state index is -0.276. The SMILES string of the molecule is CCOc1cc(C=C(C#N)C(=O)N2CCCC2)cc(Cl)c1O. The summed E-state index contributed by atoms with van der Waals surface area (Å²) in [6.07, 6.45) is 3.39. The Labute approximate surface area is 134 Å². The fraction of sp³-hybridized carbons (Fsp3) is 0.375. The first-order valence-electron chi connectivity index (χ1n) is 7.13. The van der Waals surface area contributed by atoms with Gasteiger partial charge in [-0.3, -0.25) is 4.79 Å². The third-order valence-electron chi connectivity index (χ3n) is 3.41. The summed E-state index contributed by atoms with van der Waals surface area (Å²) in [4.78, 5) is 13.9. The Balaban J connectivity index is 2.33. The van der Waals surface area contributed by atoms with Crippen LogP contribution in [0.5, 0.6) is 11.5 Å². The zero-order valence-corrected chi connectivity index (χ0v) is 13.1. The van der Waals surface area contributed by atoms with Gasteiger partial charge in [0, 0.05) is 13.1 Å². The van der Waals surface area contributed by atoms with Crippen molar-refractivity contribution in [1.82, 2.24) is 4.90 Å². The molecule has 1 N–H and O–H groups in total. The van der Waals surface area contributed by atoms with Gasteiger partial charge in [0.2, 0.25) is 0 Å². The van der Waals surface area contributed by atoms with Gasteiger partial charge in [-0.1, -0.05) is 11.6 Å². The van der Waals surface area contributed by atoms with Crippen LogP contribution < -0.4 is 4.74 Å². The largest absolute Gasteiger partial charge is 0.503 e. The van der Waals surface area contributed by atoms with Gasteiger partial charge >= 0.3 is 0 Å². The Morgan fingerprint density at radius 3 is 2.77 bits per heavy atom. The normalized spacial score (nSPS) is 14.8. The lowest BCUT2D eigenvalue weighted by molar-refractivity contribution is -0.125. The molecule has 1 aromatic carbocycles. The number of phenolic OH excluding ortho intramolecular Hbond substituents is 1. The number of halogens is 1. The van der Waals surface area contributed by atoms with Crippen LogP contribution in [0.15, 0.2) is 17.7 Å². The predicted octanol–water partition coefficient (Wildman–Crippen LogP) is 2.97. The third kappa shape index (κ3) is 3.52. The van der Waals surface area contributed by atoms with Crippen LogP contribution in [0.3, 0.4) is 0 Å². The molecule has 0 aromatic heterocycles. The second kappa shape index (κ2) is 7.19. The molecule has 0 unspecified atom stereocenters. The van der Waals surface area contributed by atoms with Crippen LogP contribution in [-0.2, 0) is 4.79 Å². The maximum atomic E-state index is 12.3. The second-order valence-electron chi connectivity index (χ2n) is 4.95. The van der Waals surface area contributed by atoms with Gasteiger partial charge in [0.25, 0.3) is 5.91 Å². The Kier molecular flexibility index (Phi) is 5.29. The summed E-state index contributed by atoms with van der Waals surface area (Å²) in [6.45, 7) is 3.51.